The van der Waals surface area contributed by atoms with Crippen molar-refractivity contribution in [2.24, 2.45) is 5.73 Å². The van der Waals surface area contributed by atoms with Crippen molar-refractivity contribution in [3.05, 3.63) is 23.3 Å². The van der Waals surface area contributed by atoms with E-state index in [2.05, 4.69) is 0 Å². The number of benzene rings is 1. The van der Waals surface area contributed by atoms with Crippen LogP contribution in [-0.2, 0) is 6.42 Å². The quantitative estimate of drug-likeness (QED) is 0.792. The summed E-state index contributed by atoms with van der Waals surface area (Å²) < 4.78 is 10.4. The molecule has 14 heavy (non-hydrogen) atoms. The van der Waals surface area contributed by atoms with Gasteiger partial charge in [-0.05, 0) is 37.1 Å². The van der Waals surface area contributed by atoms with Crippen LogP contribution in [0.15, 0.2) is 12.1 Å². The Labute approximate surface area is 84.8 Å². The number of hydrogen-bond acceptors (Lipinski definition) is 3. The summed E-state index contributed by atoms with van der Waals surface area (Å²) in [6.45, 7) is 2.67. The molecule has 78 valence electrons. The van der Waals surface area contributed by atoms with E-state index in [4.69, 9.17) is 15.2 Å². The number of nitrogens with two attached hydrogens (primary N) is 1. The Hall–Kier alpha value is -1.22. The van der Waals surface area contributed by atoms with Crippen molar-refractivity contribution in [2.45, 2.75) is 13.3 Å². The lowest BCUT2D eigenvalue weighted by Crippen LogP contribution is -2.05. The van der Waals surface area contributed by atoms with Crippen LogP contribution in [0.3, 0.4) is 0 Å². The molecule has 0 aliphatic rings. The Balaban J connectivity index is 3.12. The highest BCUT2D eigenvalue weighted by molar-refractivity contribution is 5.46. The van der Waals surface area contributed by atoms with Crippen LogP contribution in [0.25, 0.3) is 0 Å². The highest BCUT2D eigenvalue weighted by atomic mass is 16.5. The molecule has 1 rings (SSSR count). The second-order valence-corrected chi connectivity index (χ2v) is 3.15. The molecule has 0 atom stereocenters. The van der Waals surface area contributed by atoms with Gasteiger partial charge in [0.15, 0.2) is 0 Å². The maximum atomic E-state index is 5.53. The van der Waals surface area contributed by atoms with E-state index in [1.165, 1.54) is 5.56 Å². The van der Waals surface area contributed by atoms with Gasteiger partial charge in [-0.2, -0.15) is 0 Å². The summed E-state index contributed by atoms with van der Waals surface area (Å²) in [4.78, 5) is 0. The van der Waals surface area contributed by atoms with Gasteiger partial charge in [0.1, 0.15) is 11.5 Å². The van der Waals surface area contributed by atoms with E-state index in [1.54, 1.807) is 14.2 Å². The Morgan fingerprint density at radius 3 is 2.43 bits per heavy atom. The maximum absolute atomic E-state index is 5.53. The smallest absolute Gasteiger partial charge is 0.125 e. The molecule has 2 N–H and O–H groups in total. The van der Waals surface area contributed by atoms with Gasteiger partial charge in [-0.1, -0.05) is 0 Å². The average molecular weight is 195 g/mol. The van der Waals surface area contributed by atoms with Gasteiger partial charge in [-0.3, -0.25) is 0 Å². The monoisotopic (exact) mass is 195 g/mol. The average Bonchev–Trinajstić information content (AvgIpc) is 2.21. The first-order valence-corrected chi connectivity index (χ1v) is 4.64. The molecule has 0 fully saturated rings. The molecule has 0 amide bonds. The van der Waals surface area contributed by atoms with Crippen LogP contribution in [0.2, 0.25) is 0 Å². The van der Waals surface area contributed by atoms with Crippen molar-refractivity contribution in [2.75, 3.05) is 20.8 Å². The van der Waals surface area contributed by atoms with Crippen LogP contribution in [0.4, 0.5) is 0 Å². The molecular weight excluding hydrogens is 178 g/mol. The Morgan fingerprint density at radius 1 is 1.21 bits per heavy atom. The lowest BCUT2D eigenvalue weighted by Gasteiger charge is -2.12. The van der Waals surface area contributed by atoms with Crippen molar-refractivity contribution in [1.29, 1.82) is 0 Å². The van der Waals surface area contributed by atoms with E-state index in [-0.39, 0.29) is 0 Å². The van der Waals surface area contributed by atoms with Crippen molar-refractivity contribution >= 4 is 0 Å². The first-order valence-electron chi connectivity index (χ1n) is 4.64. The minimum absolute atomic E-state index is 0.636. The number of ether oxygens (including phenoxy) is 2. The Bertz CT molecular complexity index is 310. The Morgan fingerprint density at radius 2 is 1.93 bits per heavy atom. The van der Waals surface area contributed by atoms with Crippen molar-refractivity contribution in [3.63, 3.8) is 0 Å². The molecule has 0 unspecified atom stereocenters. The molecule has 0 spiro atoms. The fourth-order valence-corrected chi connectivity index (χ4v) is 1.46. The first-order chi connectivity index (χ1) is 6.72. The molecule has 3 nitrogen and oxygen atoms in total. The number of hydrogen-bond donors (Lipinski definition) is 1. The zero-order valence-electron chi connectivity index (χ0n) is 8.96. The third-order valence-electron chi connectivity index (χ3n) is 2.31. The topological polar surface area (TPSA) is 44.5 Å². The van der Waals surface area contributed by atoms with E-state index in [0.29, 0.717) is 6.54 Å². The largest absolute Gasteiger partial charge is 0.497 e. The molecule has 1 aromatic carbocycles. The predicted molar refractivity (Wildman–Crippen MR) is 57.0 cm³/mol. The van der Waals surface area contributed by atoms with Gasteiger partial charge < -0.3 is 15.2 Å². The van der Waals surface area contributed by atoms with Crippen molar-refractivity contribution in [3.8, 4) is 11.5 Å². The third-order valence-corrected chi connectivity index (χ3v) is 2.31. The van der Waals surface area contributed by atoms with Crippen LogP contribution in [0, 0.1) is 6.92 Å². The van der Waals surface area contributed by atoms with Gasteiger partial charge in [0.05, 0.1) is 14.2 Å². The van der Waals surface area contributed by atoms with Crippen molar-refractivity contribution < 1.29 is 9.47 Å². The SMILES string of the molecule is COc1cc(CCN)c(C)c(OC)c1. The van der Waals surface area contributed by atoms with Crippen molar-refractivity contribution in [1.82, 2.24) is 0 Å². The lowest BCUT2D eigenvalue weighted by molar-refractivity contribution is 0.391. The van der Waals surface area contributed by atoms with E-state index >= 15 is 0 Å². The van der Waals surface area contributed by atoms with E-state index in [1.807, 2.05) is 19.1 Å². The van der Waals surface area contributed by atoms with Gasteiger partial charge in [-0.15, -0.1) is 0 Å². The standard InChI is InChI=1S/C11H17NO2/c1-8-9(4-5-12)6-10(13-2)7-11(8)14-3/h6-7H,4-5,12H2,1-3H3. The fourth-order valence-electron chi connectivity index (χ4n) is 1.46. The summed E-state index contributed by atoms with van der Waals surface area (Å²) in [6, 6.07) is 3.89. The van der Waals surface area contributed by atoms with Gasteiger partial charge >= 0.3 is 0 Å². The second-order valence-electron chi connectivity index (χ2n) is 3.15. The molecule has 0 aromatic heterocycles. The van der Waals surface area contributed by atoms with E-state index in [9.17, 15) is 0 Å². The van der Waals surface area contributed by atoms with Crippen LogP contribution in [0.1, 0.15) is 11.1 Å². The van der Waals surface area contributed by atoms with Gasteiger partial charge in [0.2, 0.25) is 0 Å². The van der Waals surface area contributed by atoms with E-state index < -0.39 is 0 Å². The molecule has 0 aliphatic heterocycles. The second kappa shape index (κ2) is 4.86. The molecule has 1 aromatic rings. The van der Waals surface area contributed by atoms with Gasteiger partial charge in [-0.25, -0.2) is 0 Å². The molecule has 0 saturated heterocycles. The molecule has 0 saturated carbocycles. The molecular formula is C11H17NO2. The normalized spacial score (nSPS) is 10.0. The molecule has 0 heterocycles. The van der Waals surface area contributed by atoms with Gasteiger partial charge in [0.25, 0.3) is 0 Å². The predicted octanol–water partition coefficient (Wildman–Crippen LogP) is 1.51. The van der Waals surface area contributed by atoms with Gasteiger partial charge in [0, 0.05) is 6.07 Å². The lowest BCUT2D eigenvalue weighted by atomic mass is 10.0. The van der Waals surface area contributed by atoms with Crippen LogP contribution >= 0.6 is 0 Å². The minimum atomic E-state index is 0.636. The molecule has 0 bridgehead atoms. The maximum Gasteiger partial charge on any atom is 0.125 e. The minimum Gasteiger partial charge on any atom is -0.497 e. The molecule has 0 radical (unpaired) electrons. The third kappa shape index (κ3) is 2.17. The first kappa shape index (κ1) is 10.9. The highest BCUT2D eigenvalue weighted by Crippen LogP contribution is 2.27. The van der Waals surface area contributed by atoms with Crippen LogP contribution in [0.5, 0.6) is 11.5 Å². The van der Waals surface area contributed by atoms with Crippen LogP contribution in [-0.4, -0.2) is 20.8 Å². The summed E-state index contributed by atoms with van der Waals surface area (Å²) in [6.07, 6.45) is 0.847. The summed E-state index contributed by atoms with van der Waals surface area (Å²) in [5.41, 5.74) is 7.85. The summed E-state index contributed by atoms with van der Waals surface area (Å²) >= 11 is 0. The summed E-state index contributed by atoms with van der Waals surface area (Å²) in [5, 5.41) is 0. The molecule has 0 aliphatic carbocycles. The Kier molecular flexibility index (Phi) is 3.77. The van der Waals surface area contributed by atoms with E-state index in [0.717, 1.165) is 23.5 Å². The van der Waals surface area contributed by atoms with Crippen LogP contribution < -0.4 is 15.2 Å². The number of rotatable bonds is 4. The molecule has 3 heteroatoms. The summed E-state index contributed by atoms with van der Waals surface area (Å²) in [7, 11) is 3.31. The fraction of sp³-hybridized carbons (Fsp3) is 0.455. The highest BCUT2D eigenvalue weighted by Gasteiger charge is 2.07. The number of methoxy groups -OCH3 is 2. The zero-order chi connectivity index (χ0) is 10.6. The zero-order valence-corrected chi connectivity index (χ0v) is 8.96. The summed E-state index contributed by atoms with van der Waals surface area (Å²) in [5.74, 6) is 1.67.